The van der Waals surface area contributed by atoms with Crippen LogP contribution in [0.5, 0.6) is 17.2 Å². The van der Waals surface area contributed by atoms with Crippen LogP contribution in [0.3, 0.4) is 0 Å². The molecular formula is C26H33ClN4O4. The first kappa shape index (κ1) is 26.4. The lowest BCUT2D eigenvalue weighted by atomic mass is 9.91. The fourth-order valence-corrected chi connectivity index (χ4v) is 4.61. The Morgan fingerprint density at radius 3 is 2.26 bits per heavy atom. The normalized spacial score (nSPS) is 13.6. The van der Waals surface area contributed by atoms with E-state index in [9.17, 15) is 4.79 Å². The molecule has 1 aromatic heterocycles. The number of aryl methyl sites for hydroxylation is 2. The zero-order valence-electron chi connectivity index (χ0n) is 20.8. The molecular weight excluding hydrogens is 468 g/mol. The number of hydrogen-bond acceptors (Lipinski definition) is 6. The number of methoxy groups -OCH3 is 3. The highest BCUT2D eigenvalue weighted by Gasteiger charge is 2.28. The number of rotatable bonds is 7. The number of benzene rings is 2. The van der Waals surface area contributed by atoms with Gasteiger partial charge >= 0.3 is 0 Å². The predicted molar refractivity (Wildman–Crippen MR) is 139 cm³/mol. The van der Waals surface area contributed by atoms with Crippen LogP contribution in [0.25, 0.3) is 5.69 Å². The standard InChI is InChI=1S/C26H32N4O4.ClH/c1-16-6-7-21(17(2)12-16)30-24(18-8-10-27-11-9-18)20(15-28-30)26(31)29-19-13-22(32-3)25(34-5)23(14-19)33-4;/h6-7,12-15,18,27H,8-11H2,1-5H3,(H,29,31);1H. The van der Waals surface area contributed by atoms with Crippen LogP contribution in [-0.2, 0) is 0 Å². The van der Waals surface area contributed by atoms with E-state index in [1.807, 2.05) is 4.68 Å². The molecule has 1 saturated heterocycles. The summed E-state index contributed by atoms with van der Waals surface area (Å²) < 4.78 is 18.2. The van der Waals surface area contributed by atoms with E-state index in [0.717, 1.165) is 42.9 Å². The molecule has 0 aliphatic carbocycles. The number of carbonyl (C=O) groups is 1. The molecule has 8 nitrogen and oxygen atoms in total. The summed E-state index contributed by atoms with van der Waals surface area (Å²) in [5.41, 5.74) is 5.37. The van der Waals surface area contributed by atoms with Crippen molar-refractivity contribution in [2.45, 2.75) is 32.6 Å². The van der Waals surface area contributed by atoms with Crippen molar-refractivity contribution in [3.8, 4) is 22.9 Å². The lowest BCUT2D eigenvalue weighted by molar-refractivity contribution is 0.102. The average Bonchev–Trinajstić information content (AvgIpc) is 3.29. The Balaban J connectivity index is 0.00000342. The minimum Gasteiger partial charge on any atom is -0.493 e. The molecule has 188 valence electrons. The molecule has 1 amide bonds. The Hall–Kier alpha value is -3.23. The third kappa shape index (κ3) is 5.39. The Bertz CT molecular complexity index is 1160. The molecule has 9 heteroatoms. The zero-order valence-corrected chi connectivity index (χ0v) is 21.6. The molecule has 1 fully saturated rings. The van der Waals surface area contributed by atoms with Crippen molar-refractivity contribution < 1.29 is 19.0 Å². The number of amides is 1. The number of carbonyl (C=O) groups excluding carboxylic acids is 1. The lowest BCUT2D eigenvalue weighted by Gasteiger charge is -2.25. The molecule has 3 aromatic rings. The topological polar surface area (TPSA) is 86.6 Å². The summed E-state index contributed by atoms with van der Waals surface area (Å²) in [6.07, 6.45) is 3.56. The molecule has 0 unspecified atom stereocenters. The number of nitrogens with zero attached hydrogens (tertiary/aromatic N) is 2. The molecule has 0 spiro atoms. The highest BCUT2D eigenvalue weighted by Crippen LogP contribution is 2.40. The number of piperidine rings is 1. The van der Waals surface area contributed by atoms with E-state index in [-0.39, 0.29) is 24.2 Å². The van der Waals surface area contributed by atoms with Crippen molar-refractivity contribution >= 4 is 24.0 Å². The van der Waals surface area contributed by atoms with Gasteiger partial charge in [-0.3, -0.25) is 4.79 Å². The van der Waals surface area contributed by atoms with Crippen molar-refractivity contribution in [1.29, 1.82) is 0 Å². The van der Waals surface area contributed by atoms with Crippen molar-refractivity contribution in [3.63, 3.8) is 0 Å². The van der Waals surface area contributed by atoms with Gasteiger partial charge in [-0.05, 0) is 51.4 Å². The van der Waals surface area contributed by atoms with E-state index >= 15 is 0 Å². The smallest absolute Gasteiger partial charge is 0.259 e. The predicted octanol–water partition coefficient (Wildman–Crippen LogP) is 4.66. The maximum atomic E-state index is 13.5. The van der Waals surface area contributed by atoms with Crippen LogP contribution in [0.4, 0.5) is 5.69 Å². The molecule has 0 bridgehead atoms. The van der Waals surface area contributed by atoms with Gasteiger partial charge in [0.2, 0.25) is 5.75 Å². The van der Waals surface area contributed by atoms with E-state index < -0.39 is 0 Å². The van der Waals surface area contributed by atoms with Gasteiger partial charge in [-0.25, -0.2) is 4.68 Å². The van der Waals surface area contributed by atoms with Crippen LogP contribution in [0.15, 0.2) is 36.5 Å². The Morgan fingerprint density at radius 2 is 1.69 bits per heavy atom. The minimum absolute atomic E-state index is 0. The average molecular weight is 501 g/mol. The lowest BCUT2D eigenvalue weighted by Crippen LogP contribution is -2.29. The summed E-state index contributed by atoms with van der Waals surface area (Å²) >= 11 is 0. The van der Waals surface area contributed by atoms with Crippen LogP contribution in [0, 0.1) is 13.8 Å². The fourth-order valence-electron chi connectivity index (χ4n) is 4.61. The summed E-state index contributed by atoms with van der Waals surface area (Å²) in [6, 6.07) is 9.73. The highest BCUT2D eigenvalue weighted by molar-refractivity contribution is 6.05. The van der Waals surface area contributed by atoms with Gasteiger partial charge in [-0.1, -0.05) is 17.7 Å². The van der Waals surface area contributed by atoms with Gasteiger partial charge < -0.3 is 24.8 Å². The number of nitrogens with one attached hydrogen (secondary N) is 2. The molecule has 4 rings (SSSR count). The first-order chi connectivity index (χ1) is 16.5. The Morgan fingerprint density at radius 1 is 1.03 bits per heavy atom. The second kappa shape index (κ2) is 11.5. The van der Waals surface area contributed by atoms with E-state index in [0.29, 0.717) is 28.5 Å². The van der Waals surface area contributed by atoms with Gasteiger partial charge in [-0.15, -0.1) is 12.4 Å². The third-order valence-electron chi connectivity index (χ3n) is 6.28. The first-order valence-corrected chi connectivity index (χ1v) is 11.4. The molecule has 2 heterocycles. The summed E-state index contributed by atoms with van der Waals surface area (Å²) in [5.74, 6) is 1.42. The van der Waals surface area contributed by atoms with Crippen LogP contribution in [0.2, 0.25) is 0 Å². The minimum atomic E-state index is -0.223. The van der Waals surface area contributed by atoms with Gasteiger partial charge in [0.25, 0.3) is 5.91 Å². The highest BCUT2D eigenvalue weighted by atomic mass is 35.5. The van der Waals surface area contributed by atoms with Gasteiger partial charge in [0, 0.05) is 23.7 Å². The maximum Gasteiger partial charge on any atom is 0.259 e. The first-order valence-electron chi connectivity index (χ1n) is 11.4. The molecule has 1 aliphatic rings. The fraction of sp³-hybridized carbons (Fsp3) is 0.385. The van der Waals surface area contributed by atoms with E-state index in [4.69, 9.17) is 14.2 Å². The number of halogens is 1. The molecule has 2 aromatic carbocycles. The summed E-state index contributed by atoms with van der Waals surface area (Å²) in [4.78, 5) is 13.5. The maximum absolute atomic E-state index is 13.5. The van der Waals surface area contributed by atoms with Crippen LogP contribution in [-0.4, -0.2) is 50.1 Å². The molecule has 0 saturated carbocycles. The van der Waals surface area contributed by atoms with E-state index in [1.165, 1.54) is 5.56 Å². The molecule has 1 aliphatic heterocycles. The van der Waals surface area contributed by atoms with Gasteiger partial charge in [0.1, 0.15) is 0 Å². The van der Waals surface area contributed by atoms with Crippen molar-refractivity contribution in [2.75, 3.05) is 39.7 Å². The summed E-state index contributed by atoms with van der Waals surface area (Å²) in [5, 5.41) is 11.1. The van der Waals surface area contributed by atoms with Gasteiger partial charge in [0.05, 0.1) is 44.5 Å². The second-order valence-corrected chi connectivity index (χ2v) is 8.54. The molecule has 35 heavy (non-hydrogen) atoms. The SMILES string of the molecule is COc1cc(NC(=O)c2cnn(-c3ccc(C)cc3C)c2C2CCNCC2)cc(OC)c1OC.Cl. The number of hydrogen-bond donors (Lipinski definition) is 2. The Kier molecular flexibility index (Phi) is 8.64. The van der Waals surface area contributed by atoms with Gasteiger partial charge in [0.15, 0.2) is 11.5 Å². The second-order valence-electron chi connectivity index (χ2n) is 8.54. The third-order valence-corrected chi connectivity index (χ3v) is 6.28. The van der Waals surface area contributed by atoms with E-state index in [2.05, 4.69) is 47.8 Å². The largest absolute Gasteiger partial charge is 0.493 e. The summed E-state index contributed by atoms with van der Waals surface area (Å²) in [6.45, 7) is 5.98. The van der Waals surface area contributed by atoms with Gasteiger partial charge in [-0.2, -0.15) is 5.10 Å². The summed E-state index contributed by atoms with van der Waals surface area (Å²) in [7, 11) is 4.64. The number of ether oxygens (including phenoxy) is 3. The van der Waals surface area contributed by atoms with Crippen LogP contribution < -0.4 is 24.8 Å². The number of aromatic nitrogens is 2. The number of anilines is 1. The quantitative estimate of drug-likeness (QED) is 0.491. The van der Waals surface area contributed by atoms with Crippen molar-refractivity contribution in [3.05, 3.63) is 58.9 Å². The zero-order chi connectivity index (χ0) is 24.2. The van der Waals surface area contributed by atoms with Crippen LogP contribution >= 0.6 is 12.4 Å². The Labute approximate surface area is 212 Å². The monoisotopic (exact) mass is 500 g/mol. The van der Waals surface area contributed by atoms with Crippen molar-refractivity contribution in [2.24, 2.45) is 0 Å². The molecule has 0 atom stereocenters. The van der Waals surface area contributed by atoms with E-state index in [1.54, 1.807) is 39.7 Å². The van der Waals surface area contributed by atoms with Crippen LogP contribution in [0.1, 0.15) is 45.9 Å². The molecule has 2 N–H and O–H groups in total. The van der Waals surface area contributed by atoms with Crippen molar-refractivity contribution in [1.82, 2.24) is 15.1 Å². The molecule has 0 radical (unpaired) electrons.